The Kier molecular flexibility index (Phi) is 5.56. The maximum Gasteiger partial charge on any atom is 0.243 e. The molecule has 4 rings (SSSR count). The molecule has 0 aromatic heterocycles. The van der Waals surface area contributed by atoms with Crippen molar-refractivity contribution in [1.29, 1.82) is 5.26 Å². The monoisotopic (exact) mass is 447 g/mol. The van der Waals surface area contributed by atoms with Crippen LogP contribution < -0.4 is 14.8 Å². The first-order chi connectivity index (χ1) is 14.4. The first-order valence-electron chi connectivity index (χ1n) is 9.32. The highest BCUT2D eigenvalue weighted by Gasteiger charge is 2.40. The molecule has 1 atom stereocenters. The molecule has 1 saturated heterocycles. The van der Waals surface area contributed by atoms with Crippen molar-refractivity contribution in [3.8, 4) is 17.6 Å². The second-order valence-corrected chi connectivity index (χ2v) is 9.17. The molecule has 0 unspecified atom stereocenters. The molecule has 2 aliphatic heterocycles. The average molecular weight is 448 g/mol. The third kappa shape index (κ3) is 3.81. The lowest BCUT2D eigenvalue weighted by molar-refractivity contribution is -0.119. The summed E-state index contributed by atoms with van der Waals surface area (Å²) < 4.78 is 38.6. The van der Waals surface area contributed by atoms with Crippen LogP contribution in [-0.4, -0.2) is 44.4 Å². The predicted octanol–water partition coefficient (Wildman–Crippen LogP) is 2.77. The second-order valence-electron chi connectivity index (χ2n) is 6.87. The van der Waals surface area contributed by atoms with Crippen LogP contribution in [0.2, 0.25) is 5.02 Å². The van der Waals surface area contributed by atoms with Gasteiger partial charge in [-0.1, -0.05) is 11.6 Å². The van der Waals surface area contributed by atoms with Crippen molar-refractivity contribution in [2.45, 2.75) is 23.8 Å². The van der Waals surface area contributed by atoms with Crippen LogP contribution in [0.3, 0.4) is 0 Å². The van der Waals surface area contributed by atoms with Crippen molar-refractivity contribution in [2.24, 2.45) is 0 Å². The van der Waals surface area contributed by atoms with Gasteiger partial charge in [0.2, 0.25) is 15.9 Å². The molecule has 1 N–H and O–H groups in total. The zero-order valence-corrected chi connectivity index (χ0v) is 17.4. The number of ether oxygens (including phenoxy) is 2. The molecular formula is C20H18ClN3O5S. The first-order valence-corrected chi connectivity index (χ1v) is 11.1. The van der Waals surface area contributed by atoms with Gasteiger partial charge in [0.15, 0.2) is 11.5 Å². The van der Waals surface area contributed by atoms with Crippen LogP contribution in [0.4, 0.5) is 5.69 Å². The Bertz CT molecular complexity index is 1150. The van der Waals surface area contributed by atoms with Crippen LogP contribution in [0, 0.1) is 11.3 Å². The molecule has 2 aromatic rings. The van der Waals surface area contributed by atoms with Gasteiger partial charge in [0.05, 0.1) is 15.5 Å². The lowest BCUT2D eigenvalue weighted by atomic mass is 10.2. The molecule has 1 fully saturated rings. The summed E-state index contributed by atoms with van der Waals surface area (Å²) in [7, 11) is -3.91. The van der Waals surface area contributed by atoms with Gasteiger partial charge in [0, 0.05) is 18.3 Å². The molecule has 0 saturated carbocycles. The summed E-state index contributed by atoms with van der Waals surface area (Å²) in [5, 5.41) is 11.9. The Morgan fingerprint density at radius 2 is 1.93 bits per heavy atom. The number of anilines is 1. The largest absolute Gasteiger partial charge is 0.486 e. The topological polar surface area (TPSA) is 109 Å². The minimum atomic E-state index is -3.91. The number of sulfonamides is 1. The number of benzene rings is 2. The molecule has 0 aliphatic carbocycles. The van der Waals surface area contributed by atoms with Crippen molar-refractivity contribution in [1.82, 2.24) is 4.31 Å². The summed E-state index contributed by atoms with van der Waals surface area (Å²) in [6.07, 6.45) is 0.968. The maximum atomic E-state index is 13.2. The number of hydrogen-bond acceptors (Lipinski definition) is 6. The van der Waals surface area contributed by atoms with E-state index >= 15 is 0 Å². The number of nitrogens with zero attached hydrogens (tertiary/aromatic N) is 2. The Hall–Kier alpha value is -2.80. The normalized spacial score (nSPS) is 18.6. The molecule has 2 heterocycles. The van der Waals surface area contributed by atoms with E-state index in [1.54, 1.807) is 12.1 Å². The van der Waals surface area contributed by atoms with E-state index in [9.17, 15) is 13.2 Å². The van der Waals surface area contributed by atoms with Crippen molar-refractivity contribution < 1.29 is 22.7 Å². The highest BCUT2D eigenvalue weighted by atomic mass is 35.5. The van der Waals surface area contributed by atoms with Crippen LogP contribution in [0.15, 0.2) is 41.3 Å². The van der Waals surface area contributed by atoms with Gasteiger partial charge in [-0.05, 0) is 43.2 Å². The van der Waals surface area contributed by atoms with Gasteiger partial charge in [-0.15, -0.1) is 0 Å². The van der Waals surface area contributed by atoms with E-state index in [0.717, 1.165) is 0 Å². The van der Waals surface area contributed by atoms with Gasteiger partial charge in [-0.3, -0.25) is 4.79 Å². The number of hydrogen-bond donors (Lipinski definition) is 1. The Morgan fingerprint density at radius 3 is 2.67 bits per heavy atom. The van der Waals surface area contributed by atoms with Crippen LogP contribution in [0.25, 0.3) is 0 Å². The van der Waals surface area contributed by atoms with Gasteiger partial charge in [0.25, 0.3) is 0 Å². The smallest absolute Gasteiger partial charge is 0.243 e. The van der Waals surface area contributed by atoms with Gasteiger partial charge < -0.3 is 14.8 Å². The highest BCUT2D eigenvalue weighted by Crippen LogP contribution is 2.35. The van der Waals surface area contributed by atoms with E-state index in [1.807, 2.05) is 6.07 Å². The van der Waals surface area contributed by atoms with Crippen LogP contribution in [0.5, 0.6) is 11.5 Å². The van der Waals surface area contributed by atoms with E-state index in [2.05, 4.69) is 5.32 Å². The molecule has 0 radical (unpaired) electrons. The Morgan fingerprint density at radius 1 is 1.17 bits per heavy atom. The SMILES string of the molecule is N#Cc1ccc(NC(=O)[C@H]2CCCN2S(=O)(=O)c2ccc3c(c2)OCCO3)cc1Cl. The zero-order valence-electron chi connectivity index (χ0n) is 15.8. The number of halogens is 1. The summed E-state index contributed by atoms with van der Waals surface area (Å²) in [6.45, 7) is 0.994. The van der Waals surface area contributed by atoms with Gasteiger partial charge in [0.1, 0.15) is 25.3 Å². The maximum absolute atomic E-state index is 13.2. The molecule has 0 bridgehead atoms. The standard InChI is InChI=1S/C20H18ClN3O5S/c21-16-10-14(4-3-13(16)12-22)23-20(25)17-2-1-7-24(17)30(26,27)15-5-6-18-19(11-15)29-9-8-28-18/h3-6,10-11,17H,1-2,7-9H2,(H,23,25)/t17-/m1/s1. The number of nitrogens with one attached hydrogen (secondary N) is 1. The van der Waals surface area contributed by atoms with E-state index in [4.69, 9.17) is 26.3 Å². The van der Waals surface area contributed by atoms with Crippen molar-refractivity contribution in [3.05, 3.63) is 47.0 Å². The zero-order chi connectivity index (χ0) is 21.3. The van der Waals surface area contributed by atoms with Gasteiger partial charge in [-0.25, -0.2) is 8.42 Å². The number of nitriles is 1. The second kappa shape index (κ2) is 8.14. The Labute approximate surface area is 179 Å². The number of carbonyl (C=O) groups excluding carboxylic acids is 1. The molecular weight excluding hydrogens is 430 g/mol. The van der Waals surface area contributed by atoms with Crippen LogP contribution in [0.1, 0.15) is 18.4 Å². The van der Waals surface area contributed by atoms with Crippen molar-refractivity contribution in [2.75, 3.05) is 25.1 Å². The lowest BCUT2D eigenvalue weighted by Gasteiger charge is -2.24. The Balaban J connectivity index is 1.56. The summed E-state index contributed by atoms with van der Waals surface area (Å²) in [5.41, 5.74) is 0.686. The summed E-state index contributed by atoms with van der Waals surface area (Å²) >= 11 is 6.01. The van der Waals surface area contributed by atoms with Crippen LogP contribution in [-0.2, 0) is 14.8 Å². The summed E-state index contributed by atoms with van der Waals surface area (Å²) in [5.74, 6) is 0.415. The van der Waals surface area contributed by atoms with E-state index in [-0.39, 0.29) is 16.5 Å². The minimum Gasteiger partial charge on any atom is -0.486 e. The third-order valence-electron chi connectivity index (χ3n) is 4.98. The number of carbonyl (C=O) groups is 1. The first kappa shape index (κ1) is 20.5. The number of fused-ring (bicyclic) bond motifs is 1. The predicted molar refractivity (Wildman–Crippen MR) is 109 cm³/mol. The molecule has 0 spiro atoms. The molecule has 30 heavy (non-hydrogen) atoms. The van der Waals surface area contributed by atoms with E-state index in [1.165, 1.54) is 28.6 Å². The summed E-state index contributed by atoms with van der Waals surface area (Å²) in [6, 6.07) is 10.1. The fourth-order valence-corrected chi connectivity index (χ4v) is 5.41. The third-order valence-corrected chi connectivity index (χ3v) is 7.20. The molecule has 2 aromatic carbocycles. The van der Waals surface area contributed by atoms with Gasteiger partial charge in [-0.2, -0.15) is 9.57 Å². The average Bonchev–Trinajstić information content (AvgIpc) is 3.24. The van der Waals surface area contributed by atoms with Gasteiger partial charge >= 0.3 is 0 Å². The molecule has 8 nitrogen and oxygen atoms in total. The van der Waals surface area contributed by atoms with Crippen molar-refractivity contribution >= 4 is 33.2 Å². The lowest BCUT2D eigenvalue weighted by Crippen LogP contribution is -2.43. The fourth-order valence-electron chi connectivity index (χ4n) is 3.52. The van der Waals surface area contributed by atoms with Crippen LogP contribution >= 0.6 is 11.6 Å². The highest BCUT2D eigenvalue weighted by molar-refractivity contribution is 7.89. The quantitative estimate of drug-likeness (QED) is 0.771. The molecule has 156 valence electrons. The minimum absolute atomic E-state index is 0.0490. The molecule has 2 aliphatic rings. The molecule has 10 heteroatoms. The van der Waals surface area contributed by atoms with Crippen molar-refractivity contribution in [3.63, 3.8) is 0 Å². The molecule has 1 amide bonds. The number of rotatable bonds is 4. The number of amides is 1. The summed E-state index contributed by atoms with van der Waals surface area (Å²) in [4.78, 5) is 12.9. The van der Waals surface area contributed by atoms with E-state index < -0.39 is 22.0 Å². The van der Waals surface area contributed by atoms with E-state index in [0.29, 0.717) is 48.8 Å². The fraction of sp³-hybridized carbons (Fsp3) is 0.300.